The molecule has 0 saturated carbocycles. The van der Waals surface area contributed by atoms with Crippen molar-refractivity contribution in [2.24, 2.45) is 0 Å². The molecule has 0 aliphatic heterocycles. The Morgan fingerprint density at radius 2 is 1.74 bits per heavy atom. The first-order chi connectivity index (χ1) is 8.72. The van der Waals surface area contributed by atoms with Crippen molar-refractivity contribution in [3.05, 3.63) is 36.1 Å². The van der Waals surface area contributed by atoms with Crippen molar-refractivity contribution >= 4 is 19.3 Å². The lowest BCUT2D eigenvalue weighted by molar-refractivity contribution is 0.486. The van der Waals surface area contributed by atoms with Crippen LogP contribution >= 0.6 is 0 Å². The molecule has 2 rings (SSSR count). The largest absolute Gasteiger partial charge is 0.542 e. The first-order valence-electron chi connectivity index (χ1n) is 6.71. The Labute approximate surface area is 116 Å². The predicted molar refractivity (Wildman–Crippen MR) is 83.2 cm³/mol. The zero-order valence-electron chi connectivity index (χ0n) is 12.7. The molecular formula is C16H23O2Si+. The summed E-state index contributed by atoms with van der Waals surface area (Å²) >= 11 is 0. The van der Waals surface area contributed by atoms with E-state index < -0.39 is 8.32 Å². The average Bonchev–Trinajstić information content (AvgIpc) is 2.31. The maximum atomic E-state index is 6.49. The SMILES string of the molecule is Cc1c[o+]c2ccccc2c1O[Si](C)(C)C(C)(C)C. The third kappa shape index (κ3) is 2.66. The molecule has 19 heavy (non-hydrogen) atoms. The lowest BCUT2D eigenvalue weighted by atomic mass is 10.2. The maximum absolute atomic E-state index is 6.49. The Kier molecular flexibility index (Phi) is 3.43. The Morgan fingerprint density at radius 1 is 1.11 bits per heavy atom. The third-order valence-electron chi connectivity index (χ3n) is 4.02. The maximum Gasteiger partial charge on any atom is 0.363 e. The molecule has 2 nitrogen and oxygen atoms in total. The standard InChI is InChI=1S/C16H23O2Si/c1-12-11-17-14-10-8-7-9-13(14)15(12)18-19(5,6)16(2,3)4/h7-11H,1-6H3/q+1. The second-order valence-corrected chi connectivity index (χ2v) is 11.3. The van der Waals surface area contributed by atoms with Gasteiger partial charge in [-0.25, -0.2) is 4.42 Å². The fourth-order valence-corrected chi connectivity index (χ4v) is 2.81. The van der Waals surface area contributed by atoms with E-state index in [9.17, 15) is 0 Å². The van der Waals surface area contributed by atoms with Crippen LogP contribution in [0.3, 0.4) is 0 Å². The van der Waals surface area contributed by atoms with E-state index in [1.807, 2.05) is 25.1 Å². The van der Waals surface area contributed by atoms with E-state index in [-0.39, 0.29) is 5.04 Å². The van der Waals surface area contributed by atoms with Crippen LogP contribution in [0.1, 0.15) is 26.3 Å². The number of rotatable bonds is 2. The minimum absolute atomic E-state index is 0.188. The molecule has 0 N–H and O–H groups in total. The highest BCUT2D eigenvalue weighted by Crippen LogP contribution is 2.40. The van der Waals surface area contributed by atoms with E-state index in [1.54, 1.807) is 6.26 Å². The molecule has 1 aromatic heterocycles. The summed E-state index contributed by atoms with van der Waals surface area (Å²) in [6.07, 6.45) is 1.78. The lowest BCUT2D eigenvalue weighted by Crippen LogP contribution is -2.44. The zero-order valence-corrected chi connectivity index (χ0v) is 13.7. The molecule has 2 aromatic rings. The van der Waals surface area contributed by atoms with Crippen LogP contribution in [0.4, 0.5) is 0 Å². The highest BCUT2D eigenvalue weighted by molar-refractivity contribution is 6.74. The van der Waals surface area contributed by atoms with Crippen LogP contribution in [-0.4, -0.2) is 8.32 Å². The zero-order chi connectivity index (χ0) is 14.3. The minimum atomic E-state index is -1.84. The van der Waals surface area contributed by atoms with Crippen LogP contribution in [0.5, 0.6) is 5.75 Å². The molecule has 102 valence electrons. The van der Waals surface area contributed by atoms with Crippen LogP contribution in [0.2, 0.25) is 18.1 Å². The van der Waals surface area contributed by atoms with Gasteiger partial charge in [0.05, 0.1) is 5.56 Å². The van der Waals surface area contributed by atoms with E-state index in [4.69, 9.17) is 8.84 Å². The monoisotopic (exact) mass is 275 g/mol. The highest BCUT2D eigenvalue weighted by atomic mass is 28.4. The summed E-state index contributed by atoms with van der Waals surface area (Å²) in [6, 6.07) is 8.05. The molecule has 0 saturated heterocycles. The number of hydrogen-bond acceptors (Lipinski definition) is 1. The Morgan fingerprint density at radius 3 is 2.37 bits per heavy atom. The van der Waals surface area contributed by atoms with Gasteiger partial charge in [-0.05, 0) is 31.1 Å². The normalized spacial score (nSPS) is 12.7. The van der Waals surface area contributed by atoms with Crippen molar-refractivity contribution < 1.29 is 8.84 Å². The van der Waals surface area contributed by atoms with E-state index >= 15 is 0 Å². The first kappa shape index (κ1) is 14.1. The smallest absolute Gasteiger partial charge is 0.363 e. The van der Waals surface area contributed by atoms with Gasteiger partial charge in [0.25, 0.3) is 8.32 Å². The van der Waals surface area contributed by atoms with Crippen molar-refractivity contribution in [1.29, 1.82) is 0 Å². The fourth-order valence-electron chi connectivity index (χ4n) is 1.72. The summed E-state index contributed by atoms with van der Waals surface area (Å²) < 4.78 is 12.1. The van der Waals surface area contributed by atoms with Crippen LogP contribution in [0.25, 0.3) is 11.0 Å². The number of benzene rings is 1. The first-order valence-corrected chi connectivity index (χ1v) is 9.62. The molecule has 1 heterocycles. The van der Waals surface area contributed by atoms with Crippen LogP contribution in [-0.2, 0) is 0 Å². The predicted octanol–water partition coefficient (Wildman–Crippen LogP) is 5.41. The summed E-state index contributed by atoms with van der Waals surface area (Å²) in [5, 5.41) is 1.25. The Bertz CT molecular complexity index is 597. The second-order valence-electron chi connectivity index (χ2n) is 6.61. The van der Waals surface area contributed by atoms with Gasteiger partial charge in [-0.3, -0.25) is 0 Å². The van der Waals surface area contributed by atoms with Crippen molar-refractivity contribution in [2.75, 3.05) is 0 Å². The second kappa shape index (κ2) is 4.64. The number of aryl methyl sites for hydroxylation is 1. The van der Waals surface area contributed by atoms with Crippen molar-refractivity contribution in [3.63, 3.8) is 0 Å². The van der Waals surface area contributed by atoms with Crippen LogP contribution in [0, 0.1) is 6.92 Å². The molecule has 0 spiro atoms. The topological polar surface area (TPSA) is 20.5 Å². The van der Waals surface area contributed by atoms with Gasteiger partial charge in [0.15, 0.2) is 0 Å². The van der Waals surface area contributed by atoms with Gasteiger partial charge in [0.2, 0.25) is 0 Å². The molecule has 1 aromatic carbocycles. The molecule has 0 aliphatic rings. The average molecular weight is 275 g/mol. The molecule has 0 fully saturated rings. The van der Waals surface area contributed by atoms with Crippen molar-refractivity contribution in [3.8, 4) is 5.75 Å². The van der Waals surface area contributed by atoms with Gasteiger partial charge < -0.3 is 4.43 Å². The van der Waals surface area contributed by atoms with E-state index in [0.717, 1.165) is 22.3 Å². The number of hydrogen-bond donors (Lipinski definition) is 0. The molecule has 0 bridgehead atoms. The minimum Gasteiger partial charge on any atom is -0.542 e. The fraction of sp³-hybridized carbons (Fsp3) is 0.438. The molecule has 0 atom stereocenters. The number of para-hydroxylation sites is 1. The molecule has 0 amide bonds. The van der Waals surface area contributed by atoms with Gasteiger partial charge in [-0.2, -0.15) is 0 Å². The Balaban J connectivity index is 2.54. The summed E-state index contributed by atoms with van der Waals surface area (Å²) in [6.45, 7) is 13.3. The van der Waals surface area contributed by atoms with Gasteiger partial charge in [0, 0.05) is 6.07 Å². The molecular weight excluding hydrogens is 252 g/mol. The quantitative estimate of drug-likeness (QED) is 0.540. The van der Waals surface area contributed by atoms with Gasteiger partial charge in [0.1, 0.15) is 11.1 Å². The van der Waals surface area contributed by atoms with Gasteiger partial charge in [-0.15, -0.1) is 0 Å². The molecule has 3 heteroatoms. The summed E-state index contributed by atoms with van der Waals surface area (Å²) in [5.74, 6) is 0.980. The molecule has 0 radical (unpaired) electrons. The molecule has 0 unspecified atom stereocenters. The van der Waals surface area contributed by atoms with E-state index in [1.165, 1.54) is 0 Å². The van der Waals surface area contributed by atoms with Crippen molar-refractivity contribution in [1.82, 2.24) is 0 Å². The lowest BCUT2D eigenvalue weighted by Gasteiger charge is -2.36. The van der Waals surface area contributed by atoms with Gasteiger partial charge in [-0.1, -0.05) is 32.9 Å². The van der Waals surface area contributed by atoms with E-state index in [0.29, 0.717) is 0 Å². The van der Waals surface area contributed by atoms with Crippen LogP contribution in [0.15, 0.2) is 34.9 Å². The van der Waals surface area contributed by atoms with Crippen molar-refractivity contribution in [2.45, 2.75) is 45.8 Å². The Hall–Kier alpha value is -1.35. The summed E-state index contributed by atoms with van der Waals surface area (Å²) in [7, 11) is -1.84. The van der Waals surface area contributed by atoms with E-state index in [2.05, 4.69) is 39.9 Å². The third-order valence-corrected chi connectivity index (χ3v) is 8.34. The highest BCUT2D eigenvalue weighted by Gasteiger charge is 2.40. The summed E-state index contributed by atoms with van der Waals surface area (Å²) in [5.41, 5.74) is 1.94. The molecule has 0 aliphatic carbocycles. The van der Waals surface area contributed by atoms with Crippen LogP contribution < -0.4 is 4.43 Å². The van der Waals surface area contributed by atoms with Gasteiger partial charge >= 0.3 is 11.8 Å². The number of fused-ring (bicyclic) bond motifs is 1. The summed E-state index contributed by atoms with van der Waals surface area (Å²) in [4.78, 5) is 0.